The minimum absolute atomic E-state index is 0.0829. The second kappa shape index (κ2) is 8.41. The minimum Gasteiger partial charge on any atom is -0.473 e. The molecule has 1 aliphatic rings. The largest absolute Gasteiger partial charge is 0.473 e. The smallest absolute Gasteiger partial charge is 0.328 e. The van der Waals surface area contributed by atoms with Crippen LogP contribution in [0, 0.1) is 0 Å². The van der Waals surface area contributed by atoms with E-state index in [0.717, 1.165) is 25.7 Å². The summed E-state index contributed by atoms with van der Waals surface area (Å²) in [5.74, 6) is 0.410. The molecule has 9 heteroatoms. The topological polar surface area (TPSA) is 119 Å². The number of carbonyl (C=O) groups is 1. The number of aromatic nitrogens is 4. The van der Waals surface area contributed by atoms with E-state index in [9.17, 15) is 14.4 Å². The van der Waals surface area contributed by atoms with Crippen molar-refractivity contribution in [1.29, 1.82) is 0 Å². The Hall–Kier alpha value is -2.97. The van der Waals surface area contributed by atoms with Gasteiger partial charge in [0.2, 0.25) is 11.8 Å². The highest BCUT2D eigenvalue weighted by molar-refractivity contribution is 5.76. The average molecular weight is 359 g/mol. The molecule has 2 aromatic rings. The van der Waals surface area contributed by atoms with Gasteiger partial charge in [-0.25, -0.2) is 9.78 Å². The second-order valence-electron chi connectivity index (χ2n) is 6.26. The van der Waals surface area contributed by atoms with Gasteiger partial charge in [0.05, 0.1) is 6.20 Å². The van der Waals surface area contributed by atoms with Crippen LogP contribution in [-0.4, -0.2) is 37.6 Å². The molecule has 0 spiro atoms. The van der Waals surface area contributed by atoms with Gasteiger partial charge in [0, 0.05) is 43.7 Å². The number of aromatic amines is 1. The quantitative estimate of drug-likeness (QED) is 0.762. The third kappa shape index (κ3) is 5.01. The van der Waals surface area contributed by atoms with Crippen molar-refractivity contribution in [3.05, 3.63) is 51.7 Å². The van der Waals surface area contributed by atoms with Crippen LogP contribution in [0.1, 0.15) is 32.1 Å². The predicted molar refractivity (Wildman–Crippen MR) is 92.8 cm³/mol. The third-order valence-electron chi connectivity index (χ3n) is 4.34. The van der Waals surface area contributed by atoms with Crippen LogP contribution >= 0.6 is 0 Å². The number of rotatable bonds is 6. The Morgan fingerprint density at radius 1 is 1.27 bits per heavy atom. The van der Waals surface area contributed by atoms with Crippen LogP contribution < -0.4 is 21.3 Å². The fourth-order valence-corrected chi connectivity index (χ4v) is 2.98. The van der Waals surface area contributed by atoms with Crippen LogP contribution in [0.15, 0.2) is 40.4 Å². The van der Waals surface area contributed by atoms with Crippen LogP contribution in [0.5, 0.6) is 5.88 Å². The van der Waals surface area contributed by atoms with Gasteiger partial charge in [0.1, 0.15) is 6.10 Å². The lowest BCUT2D eigenvalue weighted by Crippen LogP contribution is -2.40. The zero-order chi connectivity index (χ0) is 18.4. The first kappa shape index (κ1) is 17.8. The van der Waals surface area contributed by atoms with E-state index in [4.69, 9.17) is 4.74 Å². The lowest BCUT2D eigenvalue weighted by molar-refractivity contribution is -0.122. The number of aryl methyl sites for hydroxylation is 1. The van der Waals surface area contributed by atoms with Crippen LogP contribution in [0.2, 0.25) is 0 Å². The molecule has 0 unspecified atom stereocenters. The van der Waals surface area contributed by atoms with Gasteiger partial charge >= 0.3 is 5.69 Å². The number of carbonyl (C=O) groups excluding carboxylic acids is 1. The van der Waals surface area contributed by atoms with E-state index in [1.807, 2.05) is 0 Å². The summed E-state index contributed by atoms with van der Waals surface area (Å²) in [4.78, 5) is 44.9. The standard InChI is InChI=1S/C17H21N5O4/c23-14(5-9-22-10-6-15(24)21-17(22)25)20-12-1-3-13(4-2-12)26-16-11-18-7-8-19-16/h6-8,10-13H,1-5,9H2,(H,20,23)(H,21,24,25). The van der Waals surface area contributed by atoms with Crippen molar-refractivity contribution >= 4 is 5.91 Å². The molecule has 0 saturated heterocycles. The summed E-state index contributed by atoms with van der Waals surface area (Å²) >= 11 is 0. The first-order valence-electron chi connectivity index (χ1n) is 8.62. The Kier molecular flexibility index (Phi) is 5.77. The molecule has 1 saturated carbocycles. The summed E-state index contributed by atoms with van der Waals surface area (Å²) < 4.78 is 7.10. The third-order valence-corrected chi connectivity index (χ3v) is 4.34. The monoisotopic (exact) mass is 359 g/mol. The Bertz CT molecular complexity index is 840. The van der Waals surface area contributed by atoms with Gasteiger partial charge in [0.25, 0.3) is 5.56 Å². The summed E-state index contributed by atoms with van der Waals surface area (Å²) in [7, 11) is 0. The summed E-state index contributed by atoms with van der Waals surface area (Å²) in [5, 5.41) is 2.99. The SMILES string of the molecule is O=C(CCn1ccc(=O)[nH]c1=O)NC1CCC(Oc2cnccn2)CC1. The maximum absolute atomic E-state index is 12.1. The molecule has 2 heterocycles. The molecule has 3 rings (SSSR count). The van der Waals surface area contributed by atoms with Crippen LogP contribution in [0.3, 0.4) is 0 Å². The lowest BCUT2D eigenvalue weighted by atomic mass is 9.93. The van der Waals surface area contributed by atoms with Crippen LogP contribution in [0.4, 0.5) is 0 Å². The molecule has 1 fully saturated rings. The number of ether oxygens (including phenoxy) is 1. The summed E-state index contributed by atoms with van der Waals surface area (Å²) in [5.41, 5.74) is -0.955. The molecule has 0 aliphatic heterocycles. The van der Waals surface area contributed by atoms with Gasteiger partial charge in [-0.15, -0.1) is 0 Å². The minimum atomic E-state index is -0.507. The number of hydrogen-bond donors (Lipinski definition) is 2. The molecule has 0 atom stereocenters. The molecule has 1 amide bonds. The van der Waals surface area contributed by atoms with Crippen molar-refractivity contribution in [2.24, 2.45) is 0 Å². The van der Waals surface area contributed by atoms with Crippen LogP contribution in [-0.2, 0) is 11.3 Å². The Morgan fingerprint density at radius 2 is 2.08 bits per heavy atom. The molecular formula is C17H21N5O4. The van der Waals surface area contributed by atoms with E-state index >= 15 is 0 Å². The molecule has 0 aromatic carbocycles. The lowest BCUT2D eigenvalue weighted by Gasteiger charge is -2.29. The van der Waals surface area contributed by atoms with Gasteiger partial charge in [-0.3, -0.25) is 19.6 Å². The van der Waals surface area contributed by atoms with Gasteiger partial charge in [-0.05, 0) is 25.7 Å². The van der Waals surface area contributed by atoms with E-state index in [1.54, 1.807) is 18.6 Å². The highest BCUT2D eigenvalue weighted by Gasteiger charge is 2.23. The van der Waals surface area contributed by atoms with Crippen LogP contribution in [0.25, 0.3) is 0 Å². The van der Waals surface area contributed by atoms with Gasteiger partial charge in [-0.1, -0.05) is 0 Å². The number of nitrogens with zero attached hydrogens (tertiary/aromatic N) is 3. The molecule has 1 aliphatic carbocycles. The van der Waals surface area contributed by atoms with Crippen molar-refractivity contribution < 1.29 is 9.53 Å². The first-order chi connectivity index (χ1) is 12.6. The van der Waals surface area contributed by atoms with E-state index in [1.165, 1.54) is 16.8 Å². The van der Waals surface area contributed by atoms with Crippen molar-refractivity contribution in [3.63, 3.8) is 0 Å². The number of hydrogen-bond acceptors (Lipinski definition) is 6. The predicted octanol–water partition coefficient (Wildman–Crippen LogP) is 0.223. The molecule has 26 heavy (non-hydrogen) atoms. The normalized spacial score (nSPS) is 19.7. The Labute approximate surface area is 149 Å². The van der Waals surface area contributed by atoms with Gasteiger partial charge < -0.3 is 14.6 Å². The summed E-state index contributed by atoms with van der Waals surface area (Å²) in [6.07, 6.45) is 9.76. The molecule has 138 valence electrons. The van der Waals surface area contributed by atoms with Crippen molar-refractivity contribution in [2.45, 2.75) is 50.8 Å². The summed E-state index contributed by atoms with van der Waals surface area (Å²) in [6.45, 7) is 0.229. The number of H-pyrrole nitrogens is 1. The van der Waals surface area contributed by atoms with E-state index in [2.05, 4.69) is 20.3 Å². The van der Waals surface area contributed by atoms with Crippen molar-refractivity contribution in [1.82, 2.24) is 24.8 Å². The van der Waals surface area contributed by atoms with Crippen molar-refractivity contribution in [2.75, 3.05) is 0 Å². The fourth-order valence-electron chi connectivity index (χ4n) is 2.98. The maximum atomic E-state index is 12.1. The highest BCUT2D eigenvalue weighted by atomic mass is 16.5. The number of nitrogens with one attached hydrogen (secondary N) is 2. The fraction of sp³-hybridized carbons (Fsp3) is 0.471. The van der Waals surface area contributed by atoms with Gasteiger partial charge in [-0.2, -0.15) is 0 Å². The Morgan fingerprint density at radius 3 is 2.77 bits per heavy atom. The zero-order valence-corrected chi connectivity index (χ0v) is 14.3. The van der Waals surface area contributed by atoms with E-state index in [-0.39, 0.29) is 31.0 Å². The average Bonchev–Trinajstić information content (AvgIpc) is 2.63. The van der Waals surface area contributed by atoms with E-state index in [0.29, 0.717) is 5.88 Å². The van der Waals surface area contributed by atoms with E-state index < -0.39 is 11.2 Å². The first-order valence-corrected chi connectivity index (χ1v) is 8.62. The molecule has 0 bridgehead atoms. The van der Waals surface area contributed by atoms with Crippen molar-refractivity contribution in [3.8, 4) is 5.88 Å². The second-order valence-corrected chi connectivity index (χ2v) is 6.26. The highest BCUT2D eigenvalue weighted by Crippen LogP contribution is 2.22. The Balaban J connectivity index is 1.40. The molecule has 9 nitrogen and oxygen atoms in total. The molecule has 2 aromatic heterocycles. The molecule has 0 radical (unpaired) electrons. The maximum Gasteiger partial charge on any atom is 0.328 e. The molecular weight excluding hydrogens is 338 g/mol. The number of amides is 1. The van der Waals surface area contributed by atoms with Gasteiger partial charge in [0.15, 0.2) is 0 Å². The zero-order valence-electron chi connectivity index (χ0n) is 14.3. The summed E-state index contributed by atoms with van der Waals surface area (Å²) in [6, 6.07) is 1.37. The molecule has 2 N–H and O–H groups in total.